The predicted octanol–water partition coefficient (Wildman–Crippen LogP) is 5.44. The first-order chi connectivity index (χ1) is 15.2. The molecule has 4 rings (SSSR count). The second-order valence-electron chi connectivity index (χ2n) is 6.75. The Balaban J connectivity index is 2.19. The third kappa shape index (κ3) is 4.12. The van der Waals surface area contributed by atoms with Crippen LogP contribution in [0.1, 0.15) is 10.4 Å². The second kappa shape index (κ2) is 9.42. The third-order valence-electron chi connectivity index (χ3n) is 4.92. The number of rotatable bonds is 5. The molecule has 0 aliphatic heterocycles. The van der Waals surface area contributed by atoms with Crippen molar-refractivity contribution < 1.29 is 9.53 Å². The molecule has 4 nitrogen and oxygen atoms in total. The molecule has 0 atom stereocenters. The van der Waals surface area contributed by atoms with E-state index in [1.807, 2.05) is 54.6 Å². The number of halogens is 1. The Morgan fingerprint density at radius 1 is 0.806 bits per heavy atom. The number of esters is 1. The number of methoxy groups -OCH3 is 1. The first kappa shape index (κ1) is 21.2. The number of aromatic nitrogens is 1. The molecule has 0 amide bonds. The molecule has 4 aromatic rings. The van der Waals surface area contributed by atoms with E-state index < -0.39 is 13.0 Å². The highest BCUT2D eigenvalue weighted by Crippen LogP contribution is 2.51. The Morgan fingerprint density at radius 2 is 1.26 bits per heavy atom. The van der Waals surface area contributed by atoms with Gasteiger partial charge in [0.1, 0.15) is 5.56 Å². The maximum absolute atomic E-state index is 12.6. The van der Waals surface area contributed by atoms with Crippen molar-refractivity contribution in [2.24, 2.45) is 4.74 Å². The van der Waals surface area contributed by atoms with Crippen LogP contribution in [0.2, 0.25) is 0 Å². The summed E-state index contributed by atoms with van der Waals surface area (Å²) >= 11 is 3.57. The van der Waals surface area contributed by atoms with Gasteiger partial charge in [0.2, 0.25) is 0 Å². The van der Waals surface area contributed by atoms with Gasteiger partial charge in [-0.3, -0.25) is 9.73 Å². The molecular formula is C25H20BrN2O2P. The second-order valence-corrected chi connectivity index (χ2v) is 10.6. The summed E-state index contributed by atoms with van der Waals surface area (Å²) in [4.78, 5) is 16.7. The van der Waals surface area contributed by atoms with Crippen LogP contribution < -0.4 is 15.9 Å². The van der Waals surface area contributed by atoms with Gasteiger partial charge in [-0.25, -0.2) is 4.79 Å². The lowest BCUT2D eigenvalue weighted by Gasteiger charge is -2.27. The van der Waals surface area contributed by atoms with Gasteiger partial charge in [-0.15, -0.1) is 0 Å². The van der Waals surface area contributed by atoms with Crippen LogP contribution in [0.5, 0.6) is 0 Å². The molecule has 0 aliphatic carbocycles. The summed E-state index contributed by atoms with van der Waals surface area (Å²) in [7, 11) is -1.16. The summed E-state index contributed by atoms with van der Waals surface area (Å²) in [6.07, 6.45) is 3.16. The lowest BCUT2D eigenvalue weighted by atomic mass is 10.2. The quantitative estimate of drug-likeness (QED) is 0.276. The van der Waals surface area contributed by atoms with Crippen molar-refractivity contribution in [1.82, 2.24) is 4.98 Å². The minimum absolute atomic E-state index is 0.323. The number of nitrogens with zero attached hydrogens (tertiary/aromatic N) is 2. The number of carbonyl (C=O) groups is 1. The van der Waals surface area contributed by atoms with E-state index in [1.165, 1.54) is 13.3 Å². The zero-order valence-electron chi connectivity index (χ0n) is 16.9. The van der Waals surface area contributed by atoms with Crippen LogP contribution in [0.4, 0.5) is 5.69 Å². The molecule has 0 spiro atoms. The SMILES string of the molecule is COC(=O)c1cncc(Br)c1N=P(c1ccccc1)(c1ccccc1)c1ccccc1. The smallest absolute Gasteiger partial charge is 0.341 e. The Labute approximate surface area is 190 Å². The Hall–Kier alpha value is -3.01. The Kier molecular flexibility index (Phi) is 6.45. The molecule has 31 heavy (non-hydrogen) atoms. The molecule has 0 N–H and O–H groups in total. The lowest BCUT2D eigenvalue weighted by Crippen LogP contribution is -2.25. The number of hydrogen-bond donors (Lipinski definition) is 0. The van der Waals surface area contributed by atoms with E-state index in [2.05, 4.69) is 57.3 Å². The molecule has 0 saturated heterocycles. The van der Waals surface area contributed by atoms with Gasteiger partial charge in [-0.1, -0.05) is 91.0 Å². The summed E-state index contributed by atoms with van der Waals surface area (Å²) in [6.45, 7) is 0. The Morgan fingerprint density at radius 3 is 1.68 bits per heavy atom. The van der Waals surface area contributed by atoms with Gasteiger partial charge in [0, 0.05) is 28.3 Å². The van der Waals surface area contributed by atoms with Crippen LogP contribution in [0.3, 0.4) is 0 Å². The number of pyridine rings is 1. The first-order valence-electron chi connectivity index (χ1n) is 9.68. The molecule has 1 aromatic heterocycles. The summed E-state index contributed by atoms with van der Waals surface area (Å²) in [6, 6.07) is 30.7. The van der Waals surface area contributed by atoms with Gasteiger partial charge in [0.15, 0.2) is 0 Å². The van der Waals surface area contributed by atoms with Gasteiger partial charge in [0.05, 0.1) is 24.3 Å². The van der Waals surface area contributed by atoms with E-state index >= 15 is 0 Å². The minimum Gasteiger partial charge on any atom is -0.465 e. The van der Waals surface area contributed by atoms with Gasteiger partial charge in [-0.05, 0) is 15.9 Å². The highest BCUT2D eigenvalue weighted by molar-refractivity contribution is 9.10. The van der Waals surface area contributed by atoms with Crippen LogP contribution in [0, 0.1) is 0 Å². The van der Waals surface area contributed by atoms with E-state index in [0.29, 0.717) is 15.7 Å². The van der Waals surface area contributed by atoms with Crippen LogP contribution >= 0.6 is 23.0 Å². The molecule has 0 fully saturated rings. The first-order valence-corrected chi connectivity index (χ1v) is 12.2. The topological polar surface area (TPSA) is 51.5 Å². The highest BCUT2D eigenvalue weighted by Gasteiger charge is 2.29. The average Bonchev–Trinajstić information content (AvgIpc) is 2.84. The fourth-order valence-corrected chi connectivity index (χ4v) is 7.62. The standard InChI is InChI=1S/C25H20BrN2O2P/c1-30-25(29)22-17-27-18-23(26)24(22)28-31(19-11-5-2-6-12-19,20-13-7-3-8-14-20)21-15-9-4-10-16-21/h2-18H,1H3. The van der Waals surface area contributed by atoms with E-state index in [0.717, 1.165) is 15.9 Å². The lowest BCUT2D eigenvalue weighted by molar-refractivity contribution is 0.0601. The monoisotopic (exact) mass is 490 g/mol. The molecule has 0 radical (unpaired) electrons. The van der Waals surface area contributed by atoms with Crippen LogP contribution in [0.25, 0.3) is 0 Å². The third-order valence-corrected chi connectivity index (χ3v) is 9.13. The zero-order valence-corrected chi connectivity index (χ0v) is 19.3. The summed E-state index contributed by atoms with van der Waals surface area (Å²) in [5.74, 6) is -0.472. The molecule has 0 saturated carbocycles. The number of carbonyl (C=O) groups excluding carboxylic acids is 1. The summed E-state index contributed by atoms with van der Waals surface area (Å²) < 4.78 is 11.1. The molecule has 154 valence electrons. The Bertz CT molecular complexity index is 1140. The fourth-order valence-electron chi connectivity index (χ4n) is 3.49. The normalized spacial score (nSPS) is 11.0. The van der Waals surface area contributed by atoms with E-state index in [-0.39, 0.29) is 0 Å². The molecular weight excluding hydrogens is 471 g/mol. The predicted molar refractivity (Wildman–Crippen MR) is 131 cm³/mol. The van der Waals surface area contributed by atoms with Gasteiger partial charge in [-0.2, -0.15) is 0 Å². The molecule has 1 heterocycles. The maximum Gasteiger partial charge on any atom is 0.341 e. The van der Waals surface area contributed by atoms with E-state index in [9.17, 15) is 4.79 Å². The minimum atomic E-state index is -2.52. The van der Waals surface area contributed by atoms with Gasteiger partial charge >= 0.3 is 5.97 Å². The molecule has 3 aromatic carbocycles. The average molecular weight is 491 g/mol. The zero-order chi connectivity index (χ0) is 21.7. The van der Waals surface area contributed by atoms with Crippen LogP contribution in [-0.4, -0.2) is 18.1 Å². The van der Waals surface area contributed by atoms with Crippen LogP contribution in [0.15, 0.2) is 113 Å². The van der Waals surface area contributed by atoms with Crippen molar-refractivity contribution in [3.63, 3.8) is 0 Å². The molecule has 0 bridgehead atoms. The van der Waals surface area contributed by atoms with Crippen LogP contribution in [-0.2, 0) is 4.74 Å². The van der Waals surface area contributed by atoms with Crippen molar-refractivity contribution in [2.45, 2.75) is 0 Å². The van der Waals surface area contributed by atoms with Gasteiger partial charge in [0.25, 0.3) is 0 Å². The van der Waals surface area contributed by atoms with Crippen molar-refractivity contribution in [3.05, 3.63) is 113 Å². The maximum atomic E-state index is 12.6. The summed E-state index contributed by atoms with van der Waals surface area (Å²) in [5.41, 5.74) is 0.857. The molecule has 0 unspecified atom stereocenters. The largest absolute Gasteiger partial charge is 0.465 e. The van der Waals surface area contributed by atoms with E-state index in [1.54, 1.807) is 6.20 Å². The van der Waals surface area contributed by atoms with Crippen molar-refractivity contribution >= 4 is 50.6 Å². The number of ether oxygens (including phenoxy) is 1. The van der Waals surface area contributed by atoms with E-state index in [4.69, 9.17) is 9.48 Å². The fraction of sp³-hybridized carbons (Fsp3) is 0.0400. The van der Waals surface area contributed by atoms with Crippen molar-refractivity contribution in [2.75, 3.05) is 7.11 Å². The molecule has 6 heteroatoms. The number of hydrogen-bond acceptors (Lipinski definition) is 4. The summed E-state index contributed by atoms with van der Waals surface area (Å²) in [5, 5.41) is 3.27. The number of benzene rings is 3. The van der Waals surface area contributed by atoms with Gasteiger partial charge < -0.3 is 4.74 Å². The highest BCUT2D eigenvalue weighted by atomic mass is 79.9. The molecule has 0 aliphatic rings. The van der Waals surface area contributed by atoms with Crippen molar-refractivity contribution in [3.8, 4) is 0 Å². The van der Waals surface area contributed by atoms with Crippen molar-refractivity contribution in [1.29, 1.82) is 0 Å².